The van der Waals surface area contributed by atoms with Crippen molar-refractivity contribution in [2.45, 2.75) is 56.4 Å². The molecule has 0 saturated carbocycles. The average molecular weight is 566 g/mol. The van der Waals surface area contributed by atoms with Crippen molar-refractivity contribution in [3.63, 3.8) is 0 Å². The van der Waals surface area contributed by atoms with Gasteiger partial charge in [0.2, 0.25) is 0 Å². The number of nitrogens with zero attached hydrogens (tertiary/aromatic N) is 3. The first kappa shape index (κ1) is 29.5. The normalized spacial score (nSPS) is 22.5. The topological polar surface area (TPSA) is 63.7 Å². The largest absolute Gasteiger partial charge is 0.497 e. The summed E-state index contributed by atoms with van der Waals surface area (Å²) in [4.78, 5) is 21.2. The van der Waals surface area contributed by atoms with E-state index in [1.165, 1.54) is 50.8 Å². The maximum atomic E-state index is 13.8. The van der Waals surface area contributed by atoms with Gasteiger partial charge in [0, 0.05) is 30.6 Å². The van der Waals surface area contributed by atoms with Crippen molar-refractivity contribution in [1.29, 1.82) is 0 Å². The molecule has 3 saturated heterocycles. The van der Waals surface area contributed by atoms with Crippen LogP contribution in [0.4, 0.5) is 0 Å². The Labute approximate surface area is 245 Å². The molecule has 1 atom stereocenters. The molecule has 0 N–H and O–H groups in total. The third-order valence-corrected chi connectivity index (χ3v) is 9.65. The molecule has 2 aromatic rings. The molecule has 8 nitrogen and oxygen atoms in total. The van der Waals surface area contributed by atoms with Crippen LogP contribution in [0.1, 0.15) is 60.9 Å². The Morgan fingerprint density at radius 2 is 1.54 bits per heavy atom. The van der Waals surface area contributed by atoms with Crippen LogP contribution in [0.2, 0.25) is 0 Å². The maximum Gasteiger partial charge on any atom is 0.257 e. The van der Waals surface area contributed by atoms with E-state index in [-0.39, 0.29) is 11.3 Å². The zero-order valence-corrected chi connectivity index (χ0v) is 25.3. The van der Waals surface area contributed by atoms with Gasteiger partial charge >= 0.3 is 0 Å². The monoisotopic (exact) mass is 565 g/mol. The molecule has 41 heavy (non-hydrogen) atoms. The fraction of sp³-hybridized carbons (Fsp3) is 0.606. The number of benzene rings is 2. The molecule has 0 spiro atoms. The smallest absolute Gasteiger partial charge is 0.257 e. The predicted octanol–water partition coefficient (Wildman–Crippen LogP) is 4.85. The molecule has 3 aliphatic heterocycles. The highest BCUT2D eigenvalue weighted by molar-refractivity contribution is 5.97. The van der Waals surface area contributed by atoms with Crippen LogP contribution in [0.5, 0.6) is 23.0 Å². The van der Waals surface area contributed by atoms with Gasteiger partial charge in [0.05, 0.1) is 34.0 Å². The van der Waals surface area contributed by atoms with Crippen molar-refractivity contribution in [3.8, 4) is 23.0 Å². The van der Waals surface area contributed by atoms with Gasteiger partial charge in [-0.1, -0.05) is 12.5 Å². The van der Waals surface area contributed by atoms with Gasteiger partial charge in [-0.3, -0.25) is 4.79 Å². The second-order valence-electron chi connectivity index (χ2n) is 11.8. The zero-order chi connectivity index (χ0) is 28.8. The fourth-order valence-electron chi connectivity index (χ4n) is 7.11. The SMILES string of the molecule is COc1ccc(C(=O)N2CC[C@@](CCN3CCC(N4CCCCC4)CC3)(c3ccc(OC)c(OC)c3)C2)c(OC)c1. The van der Waals surface area contributed by atoms with E-state index in [9.17, 15) is 4.79 Å². The Morgan fingerprint density at radius 1 is 0.805 bits per heavy atom. The lowest BCUT2D eigenvalue weighted by molar-refractivity contribution is 0.0768. The Balaban J connectivity index is 1.33. The highest BCUT2D eigenvalue weighted by Crippen LogP contribution is 2.42. The number of carbonyl (C=O) groups excluding carboxylic acids is 1. The first-order valence-electron chi connectivity index (χ1n) is 15.2. The number of carbonyl (C=O) groups is 1. The Kier molecular flexibility index (Phi) is 9.60. The van der Waals surface area contributed by atoms with E-state index in [4.69, 9.17) is 18.9 Å². The third kappa shape index (κ3) is 6.44. The Morgan fingerprint density at radius 3 is 2.22 bits per heavy atom. The first-order valence-corrected chi connectivity index (χ1v) is 15.2. The summed E-state index contributed by atoms with van der Waals surface area (Å²) < 4.78 is 22.1. The Hall–Kier alpha value is -2.97. The number of methoxy groups -OCH3 is 4. The lowest BCUT2D eigenvalue weighted by Crippen LogP contribution is -2.47. The first-order chi connectivity index (χ1) is 20.0. The lowest BCUT2D eigenvalue weighted by Gasteiger charge is -2.41. The van der Waals surface area contributed by atoms with Crippen LogP contribution in [0.25, 0.3) is 0 Å². The van der Waals surface area contributed by atoms with Gasteiger partial charge in [0.25, 0.3) is 5.91 Å². The highest BCUT2D eigenvalue weighted by Gasteiger charge is 2.42. The van der Waals surface area contributed by atoms with Crippen molar-refractivity contribution >= 4 is 5.91 Å². The van der Waals surface area contributed by atoms with Gasteiger partial charge in [0.1, 0.15) is 11.5 Å². The lowest BCUT2D eigenvalue weighted by atomic mass is 9.76. The zero-order valence-electron chi connectivity index (χ0n) is 25.3. The molecular weight excluding hydrogens is 518 g/mol. The van der Waals surface area contributed by atoms with Crippen LogP contribution in [0, 0.1) is 0 Å². The minimum absolute atomic E-state index is 0.00537. The van der Waals surface area contributed by atoms with Crippen LogP contribution >= 0.6 is 0 Å². The molecule has 0 aliphatic carbocycles. The molecule has 8 heteroatoms. The van der Waals surface area contributed by atoms with Gasteiger partial charge in [-0.05, 0) is 101 Å². The number of rotatable bonds is 10. The minimum atomic E-state index is -0.168. The number of hydrogen-bond acceptors (Lipinski definition) is 7. The van der Waals surface area contributed by atoms with Crippen LogP contribution in [-0.4, -0.2) is 101 Å². The van der Waals surface area contributed by atoms with Crippen molar-refractivity contribution in [1.82, 2.24) is 14.7 Å². The van der Waals surface area contributed by atoms with Gasteiger partial charge < -0.3 is 33.6 Å². The summed E-state index contributed by atoms with van der Waals surface area (Å²) in [5.74, 6) is 2.65. The molecule has 3 heterocycles. The molecule has 5 rings (SSSR count). The van der Waals surface area contributed by atoms with Crippen molar-refractivity contribution in [2.24, 2.45) is 0 Å². The van der Waals surface area contributed by atoms with Gasteiger partial charge in [0.15, 0.2) is 11.5 Å². The summed E-state index contributed by atoms with van der Waals surface area (Å²) in [7, 11) is 6.56. The van der Waals surface area contributed by atoms with Crippen LogP contribution in [0.15, 0.2) is 36.4 Å². The summed E-state index contributed by atoms with van der Waals surface area (Å²) in [6.45, 7) is 7.21. The molecule has 0 radical (unpaired) electrons. The highest BCUT2D eigenvalue weighted by atomic mass is 16.5. The van der Waals surface area contributed by atoms with Crippen LogP contribution in [0.3, 0.4) is 0 Å². The summed E-state index contributed by atoms with van der Waals surface area (Å²) in [5, 5.41) is 0. The third-order valence-electron chi connectivity index (χ3n) is 9.65. The van der Waals surface area contributed by atoms with E-state index in [0.29, 0.717) is 30.2 Å². The van der Waals surface area contributed by atoms with E-state index in [1.807, 2.05) is 23.1 Å². The number of amides is 1. The van der Waals surface area contributed by atoms with E-state index < -0.39 is 0 Å². The van der Waals surface area contributed by atoms with E-state index in [2.05, 4.69) is 21.9 Å². The minimum Gasteiger partial charge on any atom is -0.497 e. The van der Waals surface area contributed by atoms with Crippen LogP contribution in [-0.2, 0) is 5.41 Å². The van der Waals surface area contributed by atoms with Gasteiger partial charge in [-0.15, -0.1) is 0 Å². The molecule has 3 aliphatic rings. The van der Waals surface area contributed by atoms with Gasteiger partial charge in [-0.2, -0.15) is 0 Å². The molecule has 2 aromatic carbocycles. The quantitative estimate of drug-likeness (QED) is 0.408. The van der Waals surface area contributed by atoms with Crippen molar-refractivity contribution in [3.05, 3.63) is 47.5 Å². The summed E-state index contributed by atoms with van der Waals surface area (Å²) in [6.07, 6.45) is 8.49. The molecule has 1 amide bonds. The second-order valence-corrected chi connectivity index (χ2v) is 11.8. The second kappa shape index (κ2) is 13.3. The maximum absolute atomic E-state index is 13.8. The summed E-state index contributed by atoms with van der Waals surface area (Å²) in [5.41, 5.74) is 1.60. The number of ether oxygens (including phenoxy) is 4. The fourth-order valence-corrected chi connectivity index (χ4v) is 7.11. The van der Waals surface area contributed by atoms with Crippen molar-refractivity contribution in [2.75, 3.05) is 74.3 Å². The molecule has 0 aromatic heterocycles. The average Bonchev–Trinajstić information content (AvgIpc) is 3.49. The molecule has 0 unspecified atom stereocenters. The van der Waals surface area contributed by atoms with E-state index in [0.717, 1.165) is 50.0 Å². The summed E-state index contributed by atoms with van der Waals surface area (Å²) in [6, 6.07) is 12.4. The Bertz CT molecular complexity index is 1180. The number of piperidine rings is 2. The predicted molar refractivity (Wildman–Crippen MR) is 161 cm³/mol. The summed E-state index contributed by atoms with van der Waals surface area (Å²) >= 11 is 0. The van der Waals surface area contributed by atoms with Crippen molar-refractivity contribution < 1.29 is 23.7 Å². The van der Waals surface area contributed by atoms with Crippen LogP contribution < -0.4 is 18.9 Å². The molecule has 0 bridgehead atoms. The van der Waals surface area contributed by atoms with Gasteiger partial charge in [-0.25, -0.2) is 0 Å². The number of hydrogen-bond donors (Lipinski definition) is 0. The molecule has 224 valence electrons. The molecule has 3 fully saturated rings. The standard InChI is InChI=1S/C33H47N3O5/c1-38-27-9-10-28(30(23-27)40-3)32(37)36-21-15-33(24-36,25-8-11-29(39-2)31(22-25)41-4)14-20-34-18-12-26(13-19-34)35-16-6-5-7-17-35/h8-11,22-23,26H,5-7,12-21,24H2,1-4H3/t33-/m1/s1. The van der Waals surface area contributed by atoms with E-state index in [1.54, 1.807) is 34.5 Å². The number of likely N-dealkylation sites (tertiary alicyclic amines) is 3. The molecular formula is C33H47N3O5. The van der Waals surface area contributed by atoms with E-state index >= 15 is 0 Å².